The Bertz CT molecular complexity index is 869. The van der Waals surface area contributed by atoms with Gasteiger partial charge in [-0.05, 0) is 25.1 Å². The molecule has 2 heterocycles. The van der Waals surface area contributed by atoms with Crippen molar-refractivity contribution in [2.75, 3.05) is 0 Å². The fourth-order valence-corrected chi connectivity index (χ4v) is 3.68. The molecular weight excluding hydrogens is 310 g/mol. The predicted molar refractivity (Wildman–Crippen MR) is 79.3 cm³/mol. The molecule has 0 saturated heterocycles. The molecule has 1 aromatic carbocycles. The summed E-state index contributed by atoms with van der Waals surface area (Å²) < 4.78 is 37.2. The van der Waals surface area contributed by atoms with Crippen molar-refractivity contribution < 1.29 is 8.42 Å². The lowest BCUT2D eigenvalue weighted by Crippen LogP contribution is -2.23. The number of nitrogens with zero attached hydrogens (tertiary/aromatic N) is 4. The Morgan fingerprint density at radius 1 is 1.29 bits per heavy atom. The minimum atomic E-state index is -3.65. The molecule has 9 heteroatoms. The molecule has 0 radical (unpaired) electrons. The van der Waals surface area contributed by atoms with Crippen molar-refractivity contribution in [3.63, 3.8) is 0 Å². The summed E-state index contributed by atoms with van der Waals surface area (Å²) in [5.74, 6) is 0. The molecule has 110 valence electrons. The minimum Gasteiger partial charge on any atom is -0.273 e. The van der Waals surface area contributed by atoms with Gasteiger partial charge in [-0.15, -0.1) is 0 Å². The van der Waals surface area contributed by atoms with Gasteiger partial charge in [-0.2, -0.15) is 13.8 Å². The van der Waals surface area contributed by atoms with Gasteiger partial charge in [0.05, 0.1) is 24.0 Å². The standard InChI is InChI=1S/C12H13N5O2S2/c1-2-17-7-6-9(14-17)8-13-21(18,19)11-5-3-4-10-12(11)16-20-15-10/h3-7,13H,2,8H2,1H3. The summed E-state index contributed by atoms with van der Waals surface area (Å²) in [5, 5.41) is 4.24. The molecule has 0 spiro atoms. The summed E-state index contributed by atoms with van der Waals surface area (Å²) in [4.78, 5) is 0.142. The molecule has 3 rings (SSSR count). The Morgan fingerprint density at radius 2 is 2.14 bits per heavy atom. The van der Waals surface area contributed by atoms with E-state index < -0.39 is 10.0 Å². The van der Waals surface area contributed by atoms with E-state index in [4.69, 9.17) is 0 Å². The molecule has 0 fully saturated rings. The minimum absolute atomic E-state index is 0.142. The second kappa shape index (κ2) is 5.51. The number of aromatic nitrogens is 4. The number of sulfonamides is 1. The van der Waals surface area contributed by atoms with Crippen molar-refractivity contribution in [1.29, 1.82) is 0 Å². The van der Waals surface area contributed by atoms with Gasteiger partial charge in [-0.1, -0.05) is 6.07 Å². The van der Waals surface area contributed by atoms with E-state index >= 15 is 0 Å². The van der Waals surface area contributed by atoms with Gasteiger partial charge < -0.3 is 0 Å². The van der Waals surface area contributed by atoms with Crippen molar-refractivity contribution in [3.8, 4) is 0 Å². The van der Waals surface area contributed by atoms with E-state index in [1.54, 1.807) is 22.9 Å². The fraction of sp³-hybridized carbons (Fsp3) is 0.250. The summed E-state index contributed by atoms with van der Waals surface area (Å²) in [5.41, 5.74) is 1.65. The quantitative estimate of drug-likeness (QED) is 0.766. The number of rotatable bonds is 5. The van der Waals surface area contributed by atoms with E-state index in [9.17, 15) is 8.42 Å². The van der Waals surface area contributed by atoms with E-state index in [2.05, 4.69) is 18.6 Å². The van der Waals surface area contributed by atoms with E-state index in [1.165, 1.54) is 6.07 Å². The Balaban J connectivity index is 1.85. The molecule has 21 heavy (non-hydrogen) atoms. The van der Waals surface area contributed by atoms with Crippen molar-refractivity contribution in [3.05, 3.63) is 36.2 Å². The Morgan fingerprint density at radius 3 is 2.90 bits per heavy atom. The topological polar surface area (TPSA) is 89.8 Å². The van der Waals surface area contributed by atoms with Crippen LogP contribution in [-0.2, 0) is 23.1 Å². The molecule has 0 aliphatic rings. The van der Waals surface area contributed by atoms with Crippen molar-refractivity contribution >= 4 is 32.8 Å². The van der Waals surface area contributed by atoms with E-state index in [0.717, 1.165) is 18.3 Å². The van der Waals surface area contributed by atoms with Gasteiger partial charge in [-0.3, -0.25) is 4.68 Å². The molecule has 0 aliphatic heterocycles. The van der Waals surface area contributed by atoms with E-state index in [1.807, 2.05) is 13.1 Å². The molecule has 0 atom stereocenters. The second-order valence-corrected chi connectivity index (χ2v) is 6.64. The highest BCUT2D eigenvalue weighted by Gasteiger charge is 2.19. The van der Waals surface area contributed by atoms with Gasteiger partial charge in [0.25, 0.3) is 0 Å². The molecule has 0 unspecified atom stereocenters. The monoisotopic (exact) mass is 323 g/mol. The summed E-state index contributed by atoms with van der Waals surface area (Å²) in [7, 11) is -3.65. The first-order chi connectivity index (χ1) is 10.1. The summed E-state index contributed by atoms with van der Waals surface area (Å²) >= 11 is 0.996. The fourth-order valence-electron chi connectivity index (χ4n) is 1.92. The Labute approximate surface area is 126 Å². The van der Waals surface area contributed by atoms with Crippen LogP contribution in [0.15, 0.2) is 35.4 Å². The van der Waals surface area contributed by atoms with Gasteiger partial charge in [0.15, 0.2) is 0 Å². The number of hydrogen-bond donors (Lipinski definition) is 1. The average molecular weight is 323 g/mol. The largest absolute Gasteiger partial charge is 0.273 e. The predicted octanol–water partition coefficient (Wildman–Crippen LogP) is 1.39. The van der Waals surface area contributed by atoms with Gasteiger partial charge in [0, 0.05) is 12.7 Å². The van der Waals surface area contributed by atoms with Crippen LogP contribution in [-0.4, -0.2) is 26.9 Å². The van der Waals surface area contributed by atoms with Crippen LogP contribution < -0.4 is 4.72 Å². The summed E-state index contributed by atoms with van der Waals surface area (Å²) in [6, 6.07) is 6.71. The Kier molecular flexibility index (Phi) is 3.70. The zero-order valence-corrected chi connectivity index (χ0v) is 12.9. The van der Waals surface area contributed by atoms with Gasteiger partial charge in [0.2, 0.25) is 10.0 Å². The zero-order chi connectivity index (χ0) is 14.9. The molecule has 0 saturated carbocycles. The maximum Gasteiger partial charge on any atom is 0.243 e. The molecule has 7 nitrogen and oxygen atoms in total. The highest BCUT2D eigenvalue weighted by atomic mass is 32.2. The maximum atomic E-state index is 12.4. The van der Waals surface area contributed by atoms with Gasteiger partial charge in [-0.25, -0.2) is 13.1 Å². The van der Waals surface area contributed by atoms with Crippen LogP contribution in [0.1, 0.15) is 12.6 Å². The maximum absolute atomic E-state index is 12.4. The van der Waals surface area contributed by atoms with Crippen molar-refractivity contribution in [1.82, 2.24) is 23.2 Å². The van der Waals surface area contributed by atoms with Crippen LogP contribution in [0, 0.1) is 0 Å². The summed E-state index contributed by atoms with van der Waals surface area (Å²) in [6.07, 6.45) is 1.81. The van der Waals surface area contributed by atoms with Crippen LogP contribution >= 0.6 is 11.7 Å². The van der Waals surface area contributed by atoms with Crippen LogP contribution in [0.4, 0.5) is 0 Å². The third-order valence-electron chi connectivity index (χ3n) is 3.00. The molecule has 3 aromatic rings. The van der Waals surface area contributed by atoms with Crippen molar-refractivity contribution in [2.24, 2.45) is 0 Å². The second-order valence-electron chi connectivity index (χ2n) is 4.38. The molecule has 1 N–H and O–H groups in total. The van der Waals surface area contributed by atoms with Gasteiger partial charge in [0.1, 0.15) is 15.9 Å². The lowest BCUT2D eigenvalue weighted by molar-refractivity contribution is 0.579. The third-order valence-corrected chi connectivity index (χ3v) is 4.98. The van der Waals surface area contributed by atoms with Crippen LogP contribution in [0.2, 0.25) is 0 Å². The van der Waals surface area contributed by atoms with Crippen LogP contribution in [0.3, 0.4) is 0 Å². The zero-order valence-electron chi connectivity index (χ0n) is 11.2. The normalized spacial score (nSPS) is 12.0. The number of hydrogen-bond acceptors (Lipinski definition) is 6. The lowest BCUT2D eigenvalue weighted by atomic mass is 10.3. The molecule has 0 aliphatic carbocycles. The van der Waals surface area contributed by atoms with Crippen molar-refractivity contribution in [2.45, 2.75) is 24.9 Å². The number of benzene rings is 1. The van der Waals surface area contributed by atoms with E-state index in [-0.39, 0.29) is 11.4 Å². The summed E-state index contributed by atoms with van der Waals surface area (Å²) in [6.45, 7) is 2.86. The first kappa shape index (κ1) is 14.1. The number of fused-ring (bicyclic) bond motifs is 1. The molecule has 2 aromatic heterocycles. The number of aryl methyl sites for hydroxylation is 1. The highest BCUT2D eigenvalue weighted by Crippen LogP contribution is 2.20. The smallest absolute Gasteiger partial charge is 0.243 e. The van der Waals surface area contributed by atoms with Gasteiger partial charge >= 0.3 is 0 Å². The Hall–Kier alpha value is -1.84. The lowest BCUT2D eigenvalue weighted by Gasteiger charge is -2.05. The molecule has 0 bridgehead atoms. The average Bonchev–Trinajstić information content (AvgIpc) is 3.13. The first-order valence-electron chi connectivity index (χ1n) is 6.33. The SMILES string of the molecule is CCn1ccc(CNS(=O)(=O)c2cccc3nsnc23)n1. The first-order valence-corrected chi connectivity index (χ1v) is 8.55. The highest BCUT2D eigenvalue weighted by molar-refractivity contribution is 7.89. The molecular formula is C12H13N5O2S2. The third kappa shape index (κ3) is 2.80. The van der Waals surface area contributed by atoms with E-state index in [0.29, 0.717) is 16.7 Å². The van der Waals surface area contributed by atoms with Crippen LogP contribution in [0.25, 0.3) is 11.0 Å². The number of nitrogens with one attached hydrogen (secondary N) is 1. The van der Waals surface area contributed by atoms with Crippen LogP contribution in [0.5, 0.6) is 0 Å². The molecule has 0 amide bonds.